The molecule has 1 heterocycles. The first-order valence-corrected chi connectivity index (χ1v) is 5.67. The Morgan fingerprint density at radius 2 is 2.21 bits per heavy atom. The first-order chi connectivity index (χ1) is 9.06. The van der Waals surface area contributed by atoms with E-state index in [1.807, 2.05) is 0 Å². The number of carbonyl (C=O) groups excluding carboxylic acids is 2. The average molecular weight is 270 g/mol. The van der Waals surface area contributed by atoms with Crippen LogP contribution in [0.15, 0.2) is 24.3 Å². The molecule has 0 saturated carbocycles. The molecule has 5 nitrogen and oxygen atoms in total. The van der Waals surface area contributed by atoms with Crippen molar-refractivity contribution in [3.05, 3.63) is 29.8 Å². The van der Waals surface area contributed by atoms with Gasteiger partial charge in [0.05, 0.1) is 6.54 Å². The molecule has 1 aromatic carbocycles. The largest absolute Gasteiger partial charge is 0.435 e. The van der Waals surface area contributed by atoms with Gasteiger partial charge in [-0.2, -0.15) is 8.78 Å². The summed E-state index contributed by atoms with van der Waals surface area (Å²) in [6.45, 7) is -2.19. The molecule has 0 atom stereocenters. The maximum Gasteiger partial charge on any atom is 0.387 e. The highest BCUT2D eigenvalue weighted by atomic mass is 19.3. The second kappa shape index (κ2) is 5.64. The van der Waals surface area contributed by atoms with E-state index in [0.29, 0.717) is 13.1 Å². The second-order valence-corrected chi connectivity index (χ2v) is 3.98. The first kappa shape index (κ1) is 13.3. The third kappa shape index (κ3) is 3.40. The molecule has 2 rings (SSSR count). The zero-order valence-corrected chi connectivity index (χ0v) is 9.94. The number of nitrogens with zero attached hydrogens (tertiary/aromatic N) is 1. The lowest BCUT2D eigenvalue weighted by atomic mass is 10.1. The Kier molecular flexibility index (Phi) is 3.94. The molecule has 1 fully saturated rings. The molecular formula is C12H12F2N2O3. The van der Waals surface area contributed by atoms with Crippen LogP contribution in [-0.4, -0.2) is 43.0 Å². The van der Waals surface area contributed by atoms with Crippen LogP contribution in [0.3, 0.4) is 0 Å². The lowest BCUT2D eigenvalue weighted by Crippen LogP contribution is -2.49. The minimum Gasteiger partial charge on any atom is -0.435 e. The molecule has 0 aromatic heterocycles. The summed E-state index contributed by atoms with van der Waals surface area (Å²) >= 11 is 0. The summed E-state index contributed by atoms with van der Waals surface area (Å²) in [6, 6.07) is 5.52. The fraction of sp³-hybridized carbons (Fsp3) is 0.333. The number of rotatable bonds is 3. The number of carbonyl (C=O) groups is 2. The Hall–Kier alpha value is -2.18. The molecule has 0 spiro atoms. The van der Waals surface area contributed by atoms with Crippen molar-refractivity contribution in [1.82, 2.24) is 10.2 Å². The van der Waals surface area contributed by atoms with Crippen LogP contribution in [0, 0.1) is 0 Å². The SMILES string of the molecule is O=C1CN(C(=O)c2cccc(OC(F)F)c2)CCN1. The summed E-state index contributed by atoms with van der Waals surface area (Å²) in [5.41, 5.74) is 0.216. The minimum atomic E-state index is -2.94. The molecule has 1 aromatic rings. The Morgan fingerprint density at radius 3 is 2.89 bits per heavy atom. The molecule has 1 saturated heterocycles. The van der Waals surface area contributed by atoms with Crippen LogP contribution in [0.25, 0.3) is 0 Å². The van der Waals surface area contributed by atoms with E-state index in [0.717, 1.165) is 0 Å². The molecular weight excluding hydrogens is 258 g/mol. The van der Waals surface area contributed by atoms with E-state index in [9.17, 15) is 18.4 Å². The molecule has 0 radical (unpaired) electrons. The zero-order valence-electron chi connectivity index (χ0n) is 9.94. The van der Waals surface area contributed by atoms with Gasteiger partial charge in [0, 0.05) is 18.7 Å². The topological polar surface area (TPSA) is 58.6 Å². The smallest absolute Gasteiger partial charge is 0.387 e. The van der Waals surface area contributed by atoms with E-state index in [1.165, 1.54) is 29.2 Å². The third-order valence-electron chi connectivity index (χ3n) is 2.63. The summed E-state index contributed by atoms with van der Waals surface area (Å²) in [5.74, 6) is -0.698. The van der Waals surface area contributed by atoms with Gasteiger partial charge in [-0.05, 0) is 18.2 Å². The van der Waals surface area contributed by atoms with Crippen molar-refractivity contribution in [1.29, 1.82) is 0 Å². The Balaban J connectivity index is 2.12. The van der Waals surface area contributed by atoms with E-state index < -0.39 is 6.61 Å². The van der Waals surface area contributed by atoms with Crippen molar-refractivity contribution in [2.75, 3.05) is 19.6 Å². The van der Waals surface area contributed by atoms with Gasteiger partial charge >= 0.3 is 6.61 Å². The molecule has 1 aliphatic rings. The number of nitrogens with one attached hydrogen (secondary N) is 1. The maximum absolute atomic E-state index is 12.1. The number of hydrogen-bond donors (Lipinski definition) is 1. The summed E-state index contributed by atoms with van der Waals surface area (Å²) < 4.78 is 28.4. The Labute approximate surface area is 108 Å². The van der Waals surface area contributed by atoms with Crippen LogP contribution < -0.4 is 10.1 Å². The quantitative estimate of drug-likeness (QED) is 0.886. The first-order valence-electron chi connectivity index (χ1n) is 5.67. The lowest BCUT2D eigenvalue weighted by molar-refractivity contribution is -0.123. The number of amides is 2. The van der Waals surface area contributed by atoms with Crippen LogP contribution in [0.2, 0.25) is 0 Å². The second-order valence-electron chi connectivity index (χ2n) is 3.98. The van der Waals surface area contributed by atoms with Crippen molar-refractivity contribution < 1.29 is 23.1 Å². The van der Waals surface area contributed by atoms with Gasteiger partial charge in [-0.3, -0.25) is 9.59 Å². The van der Waals surface area contributed by atoms with Crippen LogP contribution in [0.4, 0.5) is 8.78 Å². The van der Waals surface area contributed by atoms with Gasteiger partial charge < -0.3 is 15.0 Å². The summed E-state index contributed by atoms with van der Waals surface area (Å²) in [7, 11) is 0. The minimum absolute atomic E-state index is 0.0290. The molecule has 0 aliphatic carbocycles. The lowest BCUT2D eigenvalue weighted by Gasteiger charge is -2.26. The molecule has 1 aliphatic heterocycles. The predicted molar refractivity (Wildman–Crippen MR) is 62.0 cm³/mol. The van der Waals surface area contributed by atoms with Gasteiger partial charge in [-0.25, -0.2) is 0 Å². The molecule has 0 unspecified atom stereocenters. The van der Waals surface area contributed by atoms with Crippen LogP contribution >= 0.6 is 0 Å². The number of benzene rings is 1. The van der Waals surface area contributed by atoms with Gasteiger partial charge in [-0.15, -0.1) is 0 Å². The number of alkyl halides is 2. The van der Waals surface area contributed by atoms with E-state index in [1.54, 1.807) is 0 Å². The monoisotopic (exact) mass is 270 g/mol. The van der Waals surface area contributed by atoms with Crippen molar-refractivity contribution in [3.63, 3.8) is 0 Å². The zero-order chi connectivity index (χ0) is 13.8. The summed E-state index contributed by atoms with van der Waals surface area (Å²) in [6.07, 6.45) is 0. The molecule has 2 amide bonds. The fourth-order valence-corrected chi connectivity index (χ4v) is 1.80. The highest BCUT2D eigenvalue weighted by Gasteiger charge is 2.22. The van der Waals surface area contributed by atoms with Crippen LogP contribution in [0.5, 0.6) is 5.75 Å². The summed E-state index contributed by atoms with van der Waals surface area (Å²) in [4.78, 5) is 24.6. The highest BCUT2D eigenvalue weighted by Crippen LogP contribution is 2.17. The number of ether oxygens (including phenoxy) is 1. The standard InChI is InChI=1S/C12H12F2N2O3/c13-12(14)19-9-3-1-2-8(6-9)11(18)16-5-4-15-10(17)7-16/h1-3,6,12H,4-5,7H2,(H,15,17). The van der Waals surface area contributed by atoms with E-state index in [2.05, 4.69) is 10.1 Å². The van der Waals surface area contributed by atoms with Gasteiger partial charge in [0.1, 0.15) is 5.75 Å². The van der Waals surface area contributed by atoms with Crippen molar-refractivity contribution in [2.45, 2.75) is 6.61 Å². The number of halogens is 2. The molecule has 7 heteroatoms. The van der Waals surface area contributed by atoms with Crippen molar-refractivity contribution >= 4 is 11.8 Å². The summed E-state index contributed by atoms with van der Waals surface area (Å²) in [5, 5.41) is 2.60. The molecule has 0 bridgehead atoms. The predicted octanol–water partition coefficient (Wildman–Crippen LogP) is 0.860. The van der Waals surface area contributed by atoms with E-state index >= 15 is 0 Å². The number of piperazine rings is 1. The van der Waals surface area contributed by atoms with Gasteiger partial charge in [0.15, 0.2) is 0 Å². The van der Waals surface area contributed by atoms with Gasteiger partial charge in [0.25, 0.3) is 5.91 Å². The van der Waals surface area contributed by atoms with Gasteiger partial charge in [0.2, 0.25) is 5.91 Å². The van der Waals surface area contributed by atoms with Crippen molar-refractivity contribution in [2.24, 2.45) is 0 Å². The number of hydrogen-bond acceptors (Lipinski definition) is 3. The van der Waals surface area contributed by atoms with Crippen LogP contribution in [-0.2, 0) is 4.79 Å². The van der Waals surface area contributed by atoms with E-state index in [4.69, 9.17) is 0 Å². The molecule has 19 heavy (non-hydrogen) atoms. The molecule has 102 valence electrons. The normalized spacial score (nSPS) is 15.3. The van der Waals surface area contributed by atoms with Gasteiger partial charge in [-0.1, -0.05) is 6.07 Å². The fourth-order valence-electron chi connectivity index (χ4n) is 1.80. The average Bonchev–Trinajstić information content (AvgIpc) is 2.37. The van der Waals surface area contributed by atoms with Crippen LogP contribution in [0.1, 0.15) is 10.4 Å². The Bertz CT molecular complexity index is 494. The highest BCUT2D eigenvalue weighted by molar-refractivity contribution is 5.97. The van der Waals surface area contributed by atoms with E-state index in [-0.39, 0.29) is 29.7 Å². The molecule has 1 N–H and O–H groups in total. The van der Waals surface area contributed by atoms with Crippen molar-refractivity contribution in [3.8, 4) is 5.75 Å². The third-order valence-corrected chi connectivity index (χ3v) is 2.63. The Morgan fingerprint density at radius 1 is 1.42 bits per heavy atom. The maximum atomic E-state index is 12.1.